The molecule has 0 radical (unpaired) electrons. The van der Waals surface area contributed by atoms with Gasteiger partial charge in [0.2, 0.25) is 0 Å². The Kier molecular flexibility index (Phi) is 6.86. The summed E-state index contributed by atoms with van der Waals surface area (Å²) >= 11 is 0. The lowest BCUT2D eigenvalue weighted by Gasteiger charge is -2.18. The second-order valence-corrected chi connectivity index (χ2v) is 7.96. The van der Waals surface area contributed by atoms with E-state index in [1.807, 2.05) is 6.92 Å². The van der Waals surface area contributed by atoms with Gasteiger partial charge in [0.05, 0.1) is 23.0 Å². The van der Waals surface area contributed by atoms with Crippen LogP contribution in [0.4, 0.5) is 11.4 Å². The van der Waals surface area contributed by atoms with Crippen LogP contribution in [0.3, 0.4) is 0 Å². The second kappa shape index (κ2) is 10.2. The number of rotatable bonds is 8. The average molecular weight is 487 g/mol. The highest BCUT2D eigenvalue weighted by Crippen LogP contribution is 2.21. The molecule has 36 heavy (non-hydrogen) atoms. The van der Waals surface area contributed by atoms with E-state index in [4.69, 9.17) is 4.74 Å². The Labute approximate surface area is 205 Å². The van der Waals surface area contributed by atoms with E-state index in [-0.39, 0.29) is 12.2 Å². The molecule has 2 aromatic carbocycles. The third-order valence-electron chi connectivity index (χ3n) is 5.61. The van der Waals surface area contributed by atoms with Crippen LogP contribution in [0.25, 0.3) is 0 Å². The smallest absolute Gasteiger partial charge is 0.338 e. The van der Waals surface area contributed by atoms with E-state index in [2.05, 4.69) is 5.32 Å². The predicted octanol–water partition coefficient (Wildman–Crippen LogP) is 1.91. The number of benzene rings is 2. The first-order valence-electron chi connectivity index (χ1n) is 11.1. The van der Waals surface area contributed by atoms with Gasteiger partial charge < -0.3 is 10.1 Å². The summed E-state index contributed by atoms with van der Waals surface area (Å²) in [6.45, 7) is 1.75. The van der Waals surface area contributed by atoms with Crippen LogP contribution in [-0.4, -0.2) is 48.2 Å². The summed E-state index contributed by atoms with van der Waals surface area (Å²) in [5, 5.41) is 2.79. The maximum atomic E-state index is 12.6. The molecule has 2 heterocycles. The molecule has 0 aromatic heterocycles. The molecule has 0 fully saturated rings. The molecule has 0 bridgehead atoms. The number of carbonyl (C=O) groups excluding carboxylic acids is 6. The summed E-state index contributed by atoms with van der Waals surface area (Å²) in [6.07, 6.45) is 5.19. The molecule has 1 atom stereocenters. The topological polar surface area (TPSA) is 130 Å². The quantitative estimate of drug-likeness (QED) is 0.445. The zero-order chi connectivity index (χ0) is 25.8. The highest BCUT2D eigenvalue weighted by atomic mass is 16.5. The maximum absolute atomic E-state index is 12.6. The lowest BCUT2D eigenvalue weighted by Crippen LogP contribution is -2.38. The van der Waals surface area contributed by atoms with Crippen LogP contribution in [0.5, 0.6) is 0 Å². The summed E-state index contributed by atoms with van der Waals surface area (Å²) in [5.74, 6) is -2.84. The number of ether oxygens (including phenoxy) is 1. The van der Waals surface area contributed by atoms with Gasteiger partial charge in [0.1, 0.15) is 6.61 Å². The Morgan fingerprint density at radius 1 is 0.722 bits per heavy atom. The van der Waals surface area contributed by atoms with Crippen LogP contribution < -0.4 is 15.1 Å². The van der Waals surface area contributed by atoms with Crippen molar-refractivity contribution in [2.45, 2.75) is 19.4 Å². The van der Waals surface area contributed by atoms with Crippen LogP contribution in [0, 0.1) is 0 Å². The number of hydrogen-bond acceptors (Lipinski definition) is 7. The van der Waals surface area contributed by atoms with Gasteiger partial charge in [-0.15, -0.1) is 0 Å². The molecule has 2 aliphatic rings. The summed E-state index contributed by atoms with van der Waals surface area (Å²) in [4.78, 5) is 74.2. The monoisotopic (exact) mass is 487 g/mol. The molecule has 1 unspecified atom stereocenters. The SMILES string of the molecule is CCC(COC(=O)c1ccc(N2C(=O)C=CC2=O)cc1)NC(=O)c1ccc(N2C(=O)C=CC2=O)cc1. The van der Waals surface area contributed by atoms with Gasteiger partial charge in [0, 0.05) is 29.9 Å². The number of hydrogen-bond donors (Lipinski definition) is 1. The molecule has 10 heteroatoms. The third kappa shape index (κ3) is 4.97. The molecule has 0 saturated heterocycles. The molecule has 0 aliphatic carbocycles. The molecule has 0 spiro atoms. The summed E-state index contributed by atoms with van der Waals surface area (Å²) in [6, 6.07) is 11.4. The molecule has 0 saturated carbocycles. The highest BCUT2D eigenvalue weighted by Gasteiger charge is 2.26. The Morgan fingerprint density at radius 3 is 1.56 bits per heavy atom. The van der Waals surface area contributed by atoms with Crippen molar-refractivity contribution in [3.63, 3.8) is 0 Å². The average Bonchev–Trinajstić information content (AvgIpc) is 3.40. The van der Waals surface area contributed by atoms with Crippen molar-refractivity contribution in [2.24, 2.45) is 0 Å². The van der Waals surface area contributed by atoms with Gasteiger partial charge in [-0.3, -0.25) is 24.0 Å². The number of nitrogens with one attached hydrogen (secondary N) is 1. The van der Waals surface area contributed by atoms with E-state index in [0.29, 0.717) is 23.4 Å². The number of amides is 5. The van der Waals surface area contributed by atoms with Gasteiger partial charge in [0.25, 0.3) is 29.5 Å². The number of nitrogens with zero attached hydrogens (tertiary/aromatic N) is 2. The van der Waals surface area contributed by atoms with Crippen molar-refractivity contribution in [1.82, 2.24) is 5.32 Å². The Bertz CT molecular complexity index is 1270. The van der Waals surface area contributed by atoms with Gasteiger partial charge in [-0.05, 0) is 55.0 Å². The van der Waals surface area contributed by atoms with Crippen LogP contribution in [0.1, 0.15) is 34.1 Å². The van der Waals surface area contributed by atoms with Crippen LogP contribution >= 0.6 is 0 Å². The van der Waals surface area contributed by atoms with Crippen LogP contribution in [-0.2, 0) is 23.9 Å². The summed E-state index contributed by atoms with van der Waals surface area (Å²) < 4.78 is 5.33. The molecular formula is C26H21N3O7. The fourth-order valence-electron chi connectivity index (χ4n) is 3.61. The van der Waals surface area contributed by atoms with Crippen molar-refractivity contribution in [3.05, 3.63) is 84.0 Å². The van der Waals surface area contributed by atoms with Crippen molar-refractivity contribution in [2.75, 3.05) is 16.4 Å². The van der Waals surface area contributed by atoms with Crippen LogP contribution in [0.2, 0.25) is 0 Å². The lowest BCUT2D eigenvalue weighted by atomic mass is 10.1. The summed E-state index contributed by atoms with van der Waals surface area (Å²) in [7, 11) is 0. The van der Waals surface area contributed by atoms with E-state index >= 15 is 0 Å². The zero-order valence-electron chi connectivity index (χ0n) is 19.2. The Hall–Kier alpha value is -4.86. The normalized spacial score (nSPS) is 15.6. The van der Waals surface area contributed by atoms with E-state index in [9.17, 15) is 28.8 Å². The van der Waals surface area contributed by atoms with Crippen molar-refractivity contribution in [1.29, 1.82) is 0 Å². The first-order chi connectivity index (χ1) is 17.3. The molecule has 4 rings (SSSR count). The second-order valence-electron chi connectivity index (χ2n) is 7.96. The third-order valence-corrected chi connectivity index (χ3v) is 5.61. The van der Waals surface area contributed by atoms with E-state index in [1.54, 1.807) is 0 Å². The summed E-state index contributed by atoms with van der Waals surface area (Å²) in [5.41, 5.74) is 1.23. The zero-order valence-corrected chi connectivity index (χ0v) is 19.2. The number of esters is 1. The standard InChI is InChI=1S/C26H21N3O7/c1-2-18(27-25(34)16-3-7-19(8-4-16)28-21(30)11-12-22(28)31)15-36-26(35)17-5-9-20(10-6-17)29-23(32)13-14-24(29)33/h3-14,18H,2,15H2,1H3,(H,27,34). The van der Waals surface area contributed by atoms with Crippen molar-refractivity contribution >= 4 is 46.9 Å². The largest absolute Gasteiger partial charge is 0.460 e. The van der Waals surface area contributed by atoms with E-state index in [0.717, 1.165) is 9.80 Å². The minimum atomic E-state index is -0.621. The minimum absolute atomic E-state index is 0.0730. The maximum Gasteiger partial charge on any atom is 0.338 e. The number of carbonyl (C=O) groups is 6. The first-order valence-corrected chi connectivity index (χ1v) is 11.1. The van der Waals surface area contributed by atoms with E-state index in [1.165, 1.54) is 72.8 Å². The molecule has 182 valence electrons. The molecule has 10 nitrogen and oxygen atoms in total. The fourth-order valence-corrected chi connectivity index (χ4v) is 3.61. The van der Waals surface area contributed by atoms with Crippen molar-refractivity contribution in [3.8, 4) is 0 Å². The molecule has 2 aromatic rings. The molecule has 5 amide bonds. The molecule has 1 N–H and O–H groups in total. The highest BCUT2D eigenvalue weighted by molar-refractivity contribution is 6.28. The van der Waals surface area contributed by atoms with Gasteiger partial charge in [0.15, 0.2) is 0 Å². The number of imide groups is 2. The molecule has 2 aliphatic heterocycles. The Balaban J connectivity index is 1.31. The predicted molar refractivity (Wildman–Crippen MR) is 128 cm³/mol. The minimum Gasteiger partial charge on any atom is -0.460 e. The number of anilines is 2. The lowest BCUT2D eigenvalue weighted by molar-refractivity contribution is -0.121. The fraction of sp³-hybridized carbons (Fsp3) is 0.154. The van der Waals surface area contributed by atoms with Gasteiger partial charge >= 0.3 is 5.97 Å². The molecular weight excluding hydrogens is 466 g/mol. The Morgan fingerprint density at radius 2 is 1.14 bits per heavy atom. The van der Waals surface area contributed by atoms with Crippen molar-refractivity contribution < 1.29 is 33.5 Å². The van der Waals surface area contributed by atoms with Gasteiger partial charge in [-0.25, -0.2) is 14.6 Å². The van der Waals surface area contributed by atoms with E-state index < -0.39 is 41.5 Å². The van der Waals surface area contributed by atoms with Gasteiger partial charge in [-0.2, -0.15) is 0 Å². The van der Waals surface area contributed by atoms with Crippen LogP contribution in [0.15, 0.2) is 72.8 Å². The first kappa shape index (κ1) is 24.3. The van der Waals surface area contributed by atoms with Gasteiger partial charge in [-0.1, -0.05) is 6.92 Å².